The van der Waals surface area contributed by atoms with Crippen molar-refractivity contribution in [2.24, 2.45) is 0 Å². The van der Waals surface area contributed by atoms with Crippen molar-refractivity contribution in [1.82, 2.24) is 0 Å². The second-order valence-corrected chi connectivity index (χ2v) is 6.36. The van der Waals surface area contributed by atoms with Gasteiger partial charge in [-0.2, -0.15) is 0 Å². The lowest BCUT2D eigenvalue weighted by Crippen LogP contribution is -2.11. The molecule has 1 aliphatic rings. The minimum absolute atomic E-state index is 0.151. The van der Waals surface area contributed by atoms with Gasteiger partial charge in [-0.3, -0.25) is 4.79 Å². The third-order valence-electron chi connectivity index (χ3n) is 4.80. The Morgan fingerprint density at radius 2 is 1.50 bits per heavy atom. The SMILES string of the molecule is Cc1cc(C)c([C@@H]2C(=O)c3cccc4cccc2c34)c(C)c1. The van der Waals surface area contributed by atoms with Gasteiger partial charge in [-0.1, -0.05) is 54.1 Å². The molecular formula is C21H18O. The van der Waals surface area contributed by atoms with Crippen molar-refractivity contribution < 1.29 is 4.79 Å². The molecule has 108 valence electrons. The topological polar surface area (TPSA) is 17.1 Å². The molecule has 0 saturated heterocycles. The van der Waals surface area contributed by atoms with Crippen molar-refractivity contribution >= 4 is 16.6 Å². The molecule has 1 aliphatic carbocycles. The molecule has 0 N–H and O–H groups in total. The quantitative estimate of drug-likeness (QED) is 0.608. The fraction of sp³-hybridized carbons (Fsp3) is 0.190. The van der Waals surface area contributed by atoms with Gasteiger partial charge in [-0.05, 0) is 53.8 Å². The summed E-state index contributed by atoms with van der Waals surface area (Å²) in [5.41, 5.74) is 6.88. The van der Waals surface area contributed by atoms with E-state index in [9.17, 15) is 4.79 Å². The molecule has 0 bridgehead atoms. The van der Waals surface area contributed by atoms with Crippen molar-refractivity contribution in [2.45, 2.75) is 26.7 Å². The summed E-state index contributed by atoms with van der Waals surface area (Å²) in [7, 11) is 0. The second-order valence-electron chi connectivity index (χ2n) is 6.36. The van der Waals surface area contributed by atoms with E-state index in [-0.39, 0.29) is 11.7 Å². The predicted molar refractivity (Wildman–Crippen MR) is 90.8 cm³/mol. The van der Waals surface area contributed by atoms with Crippen LogP contribution in [0.5, 0.6) is 0 Å². The summed E-state index contributed by atoms with van der Waals surface area (Å²) < 4.78 is 0. The summed E-state index contributed by atoms with van der Waals surface area (Å²) in [5.74, 6) is 0.0866. The Kier molecular flexibility index (Phi) is 2.74. The van der Waals surface area contributed by atoms with E-state index in [1.165, 1.54) is 22.3 Å². The number of hydrogen-bond donors (Lipinski definition) is 0. The third-order valence-corrected chi connectivity index (χ3v) is 4.80. The normalized spacial score (nSPS) is 16.5. The van der Waals surface area contributed by atoms with E-state index in [1.807, 2.05) is 12.1 Å². The van der Waals surface area contributed by atoms with Gasteiger partial charge in [0.15, 0.2) is 5.78 Å². The van der Waals surface area contributed by atoms with Crippen molar-refractivity contribution in [3.8, 4) is 0 Å². The van der Waals surface area contributed by atoms with Gasteiger partial charge in [-0.15, -0.1) is 0 Å². The zero-order valence-electron chi connectivity index (χ0n) is 13.1. The summed E-state index contributed by atoms with van der Waals surface area (Å²) >= 11 is 0. The highest BCUT2D eigenvalue weighted by atomic mass is 16.1. The van der Waals surface area contributed by atoms with Gasteiger partial charge in [0, 0.05) is 5.56 Å². The van der Waals surface area contributed by atoms with Crippen molar-refractivity contribution in [3.05, 3.63) is 81.9 Å². The van der Waals surface area contributed by atoms with E-state index >= 15 is 0 Å². The number of Topliss-reactive ketones (excluding diaryl/α,β-unsaturated/α-hetero) is 1. The van der Waals surface area contributed by atoms with E-state index in [2.05, 4.69) is 57.2 Å². The minimum Gasteiger partial charge on any atom is -0.293 e. The maximum Gasteiger partial charge on any atom is 0.175 e. The highest BCUT2D eigenvalue weighted by molar-refractivity contribution is 6.19. The summed E-state index contributed by atoms with van der Waals surface area (Å²) in [6, 6.07) is 16.7. The summed E-state index contributed by atoms with van der Waals surface area (Å²) in [4.78, 5) is 13.1. The molecular weight excluding hydrogens is 268 g/mol. The molecule has 1 nitrogen and oxygen atoms in total. The van der Waals surface area contributed by atoms with Gasteiger partial charge in [0.05, 0.1) is 5.92 Å². The fourth-order valence-corrected chi connectivity index (χ4v) is 4.05. The average Bonchev–Trinajstić information content (AvgIpc) is 2.75. The van der Waals surface area contributed by atoms with Crippen LogP contribution in [0.4, 0.5) is 0 Å². The van der Waals surface area contributed by atoms with Gasteiger partial charge in [-0.25, -0.2) is 0 Å². The second kappa shape index (κ2) is 4.54. The summed E-state index contributed by atoms with van der Waals surface area (Å²) in [5, 5.41) is 2.30. The van der Waals surface area contributed by atoms with Crippen molar-refractivity contribution in [2.75, 3.05) is 0 Å². The third kappa shape index (κ3) is 1.69. The van der Waals surface area contributed by atoms with Crippen molar-refractivity contribution in [3.63, 3.8) is 0 Å². The molecule has 0 aliphatic heterocycles. The molecule has 0 radical (unpaired) electrons. The molecule has 0 fully saturated rings. The molecule has 4 rings (SSSR count). The number of rotatable bonds is 1. The Hall–Kier alpha value is -2.41. The molecule has 1 atom stereocenters. The van der Waals surface area contributed by atoms with Crippen LogP contribution in [0.15, 0.2) is 48.5 Å². The minimum atomic E-state index is -0.151. The lowest BCUT2D eigenvalue weighted by molar-refractivity contribution is 0.0981. The van der Waals surface area contributed by atoms with Crippen LogP contribution in [0.25, 0.3) is 10.8 Å². The molecule has 0 unspecified atom stereocenters. The lowest BCUT2D eigenvalue weighted by Gasteiger charge is -2.18. The number of ketones is 1. The van der Waals surface area contributed by atoms with Gasteiger partial charge in [0.2, 0.25) is 0 Å². The first-order chi connectivity index (χ1) is 10.6. The highest BCUT2D eigenvalue weighted by Gasteiger charge is 2.35. The van der Waals surface area contributed by atoms with Crippen LogP contribution in [-0.2, 0) is 0 Å². The maximum atomic E-state index is 13.1. The monoisotopic (exact) mass is 286 g/mol. The van der Waals surface area contributed by atoms with Crippen LogP contribution in [0.1, 0.15) is 44.1 Å². The first-order valence-electron chi connectivity index (χ1n) is 7.71. The van der Waals surface area contributed by atoms with Gasteiger partial charge >= 0.3 is 0 Å². The van der Waals surface area contributed by atoms with Crippen LogP contribution in [0.2, 0.25) is 0 Å². The number of hydrogen-bond acceptors (Lipinski definition) is 1. The van der Waals surface area contributed by atoms with Crippen LogP contribution in [0.3, 0.4) is 0 Å². The van der Waals surface area contributed by atoms with E-state index in [0.717, 1.165) is 21.9 Å². The smallest absolute Gasteiger partial charge is 0.175 e. The van der Waals surface area contributed by atoms with Crippen LogP contribution < -0.4 is 0 Å². The molecule has 3 aromatic carbocycles. The van der Waals surface area contributed by atoms with Gasteiger partial charge in [0.25, 0.3) is 0 Å². The van der Waals surface area contributed by atoms with Crippen LogP contribution in [0, 0.1) is 20.8 Å². The number of carbonyl (C=O) groups excluding carboxylic acids is 1. The Labute approximate surface area is 130 Å². The molecule has 3 aromatic rings. The molecule has 0 amide bonds. The average molecular weight is 286 g/mol. The Morgan fingerprint density at radius 1 is 0.864 bits per heavy atom. The van der Waals surface area contributed by atoms with Gasteiger partial charge < -0.3 is 0 Å². The first kappa shape index (κ1) is 13.3. The van der Waals surface area contributed by atoms with E-state index < -0.39 is 0 Å². The zero-order chi connectivity index (χ0) is 15.4. The zero-order valence-corrected chi connectivity index (χ0v) is 13.1. The Balaban J connectivity index is 2.04. The Bertz CT molecular complexity index is 906. The molecule has 22 heavy (non-hydrogen) atoms. The van der Waals surface area contributed by atoms with Crippen LogP contribution in [-0.4, -0.2) is 5.78 Å². The molecule has 0 heterocycles. The standard InChI is InChI=1S/C21H18O/c1-12-10-13(2)18(14(3)11-12)20-16-8-4-6-15-7-5-9-17(19(15)16)21(20)22/h4-11,20H,1-3H3/t20-/m1/s1. The predicted octanol–water partition coefficient (Wildman–Crippen LogP) is 5.09. The van der Waals surface area contributed by atoms with E-state index in [0.29, 0.717) is 0 Å². The number of carbonyl (C=O) groups is 1. The Morgan fingerprint density at radius 3 is 2.18 bits per heavy atom. The number of aryl methyl sites for hydroxylation is 3. The molecule has 0 spiro atoms. The lowest BCUT2D eigenvalue weighted by atomic mass is 9.84. The summed E-state index contributed by atoms with van der Waals surface area (Å²) in [6.07, 6.45) is 0. The van der Waals surface area contributed by atoms with E-state index in [4.69, 9.17) is 0 Å². The highest BCUT2D eigenvalue weighted by Crippen LogP contribution is 2.43. The maximum absolute atomic E-state index is 13.1. The number of benzene rings is 3. The van der Waals surface area contributed by atoms with Crippen molar-refractivity contribution in [1.29, 1.82) is 0 Å². The largest absolute Gasteiger partial charge is 0.293 e. The fourth-order valence-electron chi connectivity index (χ4n) is 4.05. The summed E-state index contributed by atoms with van der Waals surface area (Å²) in [6.45, 7) is 6.34. The molecule has 0 saturated carbocycles. The first-order valence-corrected chi connectivity index (χ1v) is 7.71. The van der Waals surface area contributed by atoms with Gasteiger partial charge in [0.1, 0.15) is 0 Å². The molecule has 0 aromatic heterocycles. The molecule has 1 heteroatoms. The van der Waals surface area contributed by atoms with Crippen LogP contribution >= 0.6 is 0 Å². The van der Waals surface area contributed by atoms with E-state index in [1.54, 1.807) is 0 Å².